The molecule has 0 aliphatic heterocycles. The van der Waals surface area contributed by atoms with Crippen LogP contribution >= 0.6 is 0 Å². The Hall–Kier alpha value is -9.30. The molecule has 0 saturated carbocycles. The molecule has 73 heavy (non-hydrogen) atoms. The molecule has 1 atom stereocenters. The Morgan fingerprint density at radius 1 is 0.288 bits per heavy atom. The van der Waals surface area contributed by atoms with E-state index in [1.54, 1.807) is 0 Å². The second-order valence-electron chi connectivity index (χ2n) is 20.2. The average molecular weight is 924 g/mol. The topological polar surface area (TPSA) is 3.24 Å². The van der Waals surface area contributed by atoms with E-state index in [1.165, 1.54) is 127 Å². The Kier molecular flexibility index (Phi) is 8.50. The zero-order chi connectivity index (χ0) is 47.8. The summed E-state index contributed by atoms with van der Waals surface area (Å²) in [5, 5.41) is 10.2. The lowest BCUT2D eigenvalue weighted by atomic mass is 9.70. The summed E-state index contributed by atoms with van der Waals surface area (Å²) in [4.78, 5) is 2.50. The Morgan fingerprint density at radius 2 is 0.753 bits per heavy atom. The molecule has 3 aliphatic carbocycles. The van der Waals surface area contributed by atoms with Crippen molar-refractivity contribution in [3.63, 3.8) is 0 Å². The zero-order valence-electron chi connectivity index (χ0n) is 39.9. The van der Waals surface area contributed by atoms with Crippen LogP contribution in [-0.4, -0.2) is 0 Å². The number of anilines is 3. The van der Waals surface area contributed by atoms with E-state index in [9.17, 15) is 0 Å². The minimum absolute atomic E-state index is 0.140. The van der Waals surface area contributed by atoms with Crippen LogP contribution in [0.4, 0.5) is 17.1 Å². The number of fused-ring (bicyclic) bond motifs is 21. The quantitative estimate of drug-likeness (QED) is 0.156. The molecule has 1 spiro atoms. The molecule has 1 unspecified atom stereocenters. The lowest BCUT2D eigenvalue weighted by Gasteiger charge is -2.32. The monoisotopic (exact) mass is 923 g/mol. The van der Waals surface area contributed by atoms with E-state index in [0.29, 0.717) is 0 Å². The lowest BCUT2D eigenvalue weighted by molar-refractivity contribution is 0.793. The van der Waals surface area contributed by atoms with Gasteiger partial charge in [-0.2, -0.15) is 0 Å². The fourth-order valence-electron chi connectivity index (χ4n) is 13.8. The average Bonchev–Trinajstić information content (AvgIpc) is 4.10. The SMILES string of the molecule is c1ccc(C2c3ccccc3-c3c(-c4ccc(N(c5ccc6c(c5)C5(c7ccccc7-c7ccccc75)c5ccccc5-6)c5ccc6c7ccccc7c7ccccc7c6c5)cc4)cc4ccccc4c32)cc1. The summed E-state index contributed by atoms with van der Waals surface area (Å²) in [6, 6.07) is 100. The van der Waals surface area contributed by atoms with Crippen molar-refractivity contribution >= 4 is 60.2 Å². The van der Waals surface area contributed by atoms with Crippen molar-refractivity contribution in [2.45, 2.75) is 11.3 Å². The molecule has 0 bridgehead atoms. The molecule has 0 heterocycles. The van der Waals surface area contributed by atoms with E-state index in [0.717, 1.165) is 17.1 Å². The second-order valence-corrected chi connectivity index (χ2v) is 20.2. The standard InChI is InChI=1S/C72H45N/c1-2-18-46(19-3-1)69-61-29-10-11-30-62(61)70-63(42-47-20-4-5-21-51(47)71(69)70)45-34-36-48(37-35-45)73(49-38-40-56-54-24-7-6-22-52(54)53-23-8-9-25-55(53)64(56)43-49)50-39-41-60-59-28-14-17-33-67(59)72(68(60)44-50)65-31-15-12-26-57(65)58-27-13-16-32-66(58)72/h1-44,69H. The van der Waals surface area contributed by atoms with Crippen molar-refractivity contribution in [2.75, 3.05) is 4.90 Å². The van der Waals surface area contributed by atoms with Gasteiger partial charge in [0.15, 0.2) is 0 Å². The molecule has 3 aliphatic rings. The Balaban J connectivity index is 0.932. The van der Waals surface area contributed by atoms with E-state index in [2.05, 4.69) is 272 Å². The van der Waals surface area contributed by atoms with Crippen LogP contribution in [0.3, 0.4) is 0 Å². The summed E-state index contributed by atoms with van der Waals surface area (Å²) in [5.41, 5.74) is 22.6. The third-order valence-corrected chi connectivity index (χ3v) is 16.7. The molecule has 0 aromatic heterocycles. The van der Waals surface area contributed by atoms with E-state index < -0.39 is 5.41 Å². The van der Waals surface area contributed by atoms with E-state index in [4.69, 9.17) is 0 Å². The summed E-state index contributed by atoms with van der Waals surface area (Å²) < 4.78 is 0. The first kappa shape index (κ1) is 40.4. The number of nitrogens with zero attached hydrogens (tertiary/aromatic N) is 1. The molecule has 13 aromatic rings. The predicted molar refractivity (Wildman–Crippen MR) is 306 cm³/mol. The van der Waals surface area contributed by atoms with E-state index in [-0.39, 0.29) is 5.92 Å². The second kappa shape index (κ2) is 15.3. The molecule has 1 heteroatoms. The largest absolute Gasteiger partial charge is 0.310 e. The van der Waals surface area contributed by atoms with Gasteiger partial charge in [-0.05, 0) is 169 Å². The fraction of sp³-hybridized carbons (Fsp3) is 0.0278. The number of benzene rings is 13. The maximum atomic E-state index is 2.52. The van der Waals surface area contributed by atoms with Gasteiger partial charge in [0.2, 0.25) is 0 Å². The minimum atomic E-state index is -0.465. The van der Waals surface area contributed by atoms with Crippen LogP contribution in [0, 0.1) is 0 Å². The van der Waals surface area contributed by atoms with Crippen molar-refractivity contribution < 1.29 is 0 Å². The molecular formula is C72H45N. The summed E-state index contributed by atoms with van der Waals surface area (Å²) in [6.45, 7) is 0. The number of rotatable bonds is 5. The zero-order valence-corrected chi connectivity index (χ0v) is 39.9. The Bertz CT molecular complexity index is 4350. The fourth-order valence-corrected chi connectivity index (χ4v) is 13.8. The van der Waals surface area contributed by atoms with Gasteiger partial charge < -0.3 is 4.90 Å². The van der Waals surface area contributed by atoms with Gasteiger partial charge in [-0.25, -0.2) is 0 Å². The summed E-state index contributed by atoms with van der Waals surface area (Å²) >= 11 is 0. The molecule has 1 nitrogen and oxygen atoms in total. The lowest BCUT2D eigenvalue weighted by Crippen LogP contribution is -2.26. The normalized spacial score (nSPS) is 14.3. The highest BCUT2D eigenvalue weighted by Gasteiger charge is 2.51. The molecule has 0 radical (unpaired) electrons. The summed E-state index contributed by atoms with van der Waals surface area (Å²) in [5.74, 6) is 0.140. The van der Waals surface area contributed by atoms with Crippen LogP contribution in [0.15, 0.2) is 267 Å². The third kappa shape index (κ3) is 5.57. The van der Waals surface area contributed by atoms with E-state index >= 15 is 0 Å². The molecule has 0 saturated heterocycles. The third-order valence-electron chi connectivity index (χ3n) is 16.7. The highest BCUT2D eigenvalue weighted by atomic mass is 15.1. The first-order chi connectivity index (χ1) is 36.2. The summed E-state index contributed by atoms with van der Waals surface area (Å²) in [6.07, 6.45) is 0. The first-order valence-electron chi connectivity index (χ1n) is 25.6. The minimum Gasteiger partial charge on any atom is -0.310 e. The smallest absolute Gasteiger partial charge is 0.0726 e. The van der Waals surface area contributed by atoms with Crippen LogP contribution in [0.1, 0.15) is 44.9 Å². The first-order valence-corrected chi connectivity index (χ1v) is 25.6. The summed E-state index contributed by atoms with van der Waals surface area (Å²) in [7, 11) is 0. The molecule has 338 valence electrons. The number of hydrogen-bond donors (Lipinski definition) is 0. The van der Waals surface area contributed by atoms with Gasteiger partial charge >= 0.3 is 0 Å². The highest BCUT2D eigenvalue weighted by Crippen LogP contribution is 2.63. The predicted octanol–water partition coefficient (Wildman–Crippen LogP) is 18.9. The van der Waals surface area contributed by atoms with Gasteiger partial charge in [0, 0.05) is 23.0 Å². The van der Waals surface area contributed by atoms with Crippen LogP contribution in [0.5, 0.6) is 0 Å². The maximum absolute atomic E-state index is 2.52. The highest BCUT2D eigenvalue weighted by molar-refractivity contribution is 6.26. The molecule has 16 rings (SSSR count). The van der Waals surface area contributed by atoms with Gasteiger partial charge in [-0.3, -0.25) is 0 Å². The van der Waals surface area contributed by atoms with Crippen molar-refractivity contribution in [2.24, 2.45) is 0 Å². The van der Waals surface area contributed by atoms with Gasteiger partial charge in [0.05, 0.1) is 5.41 Å². The van der Waals surface area contributed by atoms with Crippen LogP contribution in [-0.2, 0) is 5.41 Å². The molecule has 0 N–H and O–H groups in total. The van der Waals surface area contributed by atoms with Gasteiger partial charge in [0.1, 0.15) is 0 Å². The van der Waals surface area contributed by atoms with Crippen LogP contribution < -0.4 is 4.90 Å². The van der Waals surface area contributed by atoms with Crippen LogP contribution in [0.25, 0.3) is 87.6 Å². The molecule has 0 amide bonds. The van der Waals surface area contributed by atoms with Crippen molar-refractivity contribution in [1.29, 1.82) is 0 Å². The van der Waals surface area contributed by atoms with Gasteiger partial charge in [0.25, 0.3) is 0 Å². The van der Waals surface area contributed by atoms with Crippen LogP contribution in [0.2, 0.25) is 0 Å². The van der Waals surface area contributed by atoms with Crippen molar-refractivity contribution in [3.05, 3.63) is 306 Å². The molecule has 13 aromatic carbocycles. The molecule has 0 fully saturated rings. The number of hydrogen-bond acceptors (Lipinski definition) is 1. The van der Waals surface area contributed by atoms with Crippen molar-refractivity contribution in [1.82, 2.24) is 0 Å². The Morgan fingerprint density at radius 3 is 1.40 bits per heavy atom. The Labute approximate surface area is 424 Å². The van der Waals surface area contributed by atoms with Gasteiger partial charge in [-0.15, -0.1) is 0 Å². The van der Waals surface area contributed by atoms with Crippen molar-refractivity contribution in [3.8, 4) is 44.5 Å². The van der Waals surface area contributed by atoms with Gasteiger partial charge in [-0.1, -0.05) is 224 Å². The molecular weight excluding hydrogens is 879 g/mol. The van der Waals surface area contributed by atoms with E-state index in [1.807, 2.05) is 0 Å². The maximum Gasteiger partial charge on any atom is 0.0726 e.